The molecule has 106 valence electrons. The van der Waals surface area contributed by atoms with Crippen molar-refractivity contribution in [3.05, 3.63) is 35.9 Å². The second-order valence-corrected chi connectivity index (χ2v) is 6.69. The molecule has 0 aliphatic heterocycles. The minimum Gasteiger partial charge on any atom is -0.480 e. The fourth-order valence-corrected chi connectivity index (χ4v) is 3.38. The summed E-state index contributed by atoms with van der Waals surface area (Å²) in [5, 5.41) is 7.53. The van der Waals surface area contributed by atoms with Crippen LogP contribution in [0.25, 0.3) is 0 Å². The van der Waals surface area contributed by atoms with Gasteiger partial charge in [-0.2, -0.15) is 0 Å². The summed E-state index contributed by atoms with van der Waals surface area (Å²) in [7, 11) is -3.81. The first-order valence-electron chi connectivity index (χ1n) is 5.90. The first kappa shape index (κ1) is 15.7. The van der Waals surface area contributed by atoms with Gasteiger partial charge in [-0.15, -0.1) is 0 Å². The molecule has 0 aromatic heterocycles. The monoisotopic (exact) mass is 286 g/mol. The van der Waals surface area contributed by atoms with E-state index in [4.69, 9.17) is 9.84 Å². The molecule has 6 heteroatoms. The highest BCUT2D eigenvalue weighted by Gasteiger charge is 2.35. The fraction of sp³-hybridized carbons (Fsp3) is 0.462. The smallest absolute Gasteiger partial charge is 0.322 e. The maximum absolute atomic E-state index is 11.9. The summed E-state index contributed by atoms with van der Waals surface area (Å²) in [6, 6.07) is 9.11. The molecule has 0 saturated carbocycles. The van der Waals surface area contributed by atoms with Gasteiger partial charge in [0.15, 0.2) is 15.1 Å². The van der Waals surface area contributed by atoms with Crippen molar-refractivity contribution in [3.8, 4) is 0 Å². The first-order valence-corrected chi connectivity index (χ1v) is 7.62. The summed E-state index contributed by atoms with van der Waals surface area (Å²) in [5.74, 6) is -2.42. The zero-order valence-corrected chi connectivity index (χ0v) is 11.8. The van der Waals surface area contributed by atoms with Gasteiger partial charge in [-0.3, -0.25) is 4.79 Å². The number of carbonyl (C=O) groups is 1. The summed E-state index contributed by atoms with van der Waals surface area (Å²) in [5.41, 5.74) is 0.842. The van der Waals surface area contributed by atoms with E-state index in [0.717, 1.165) is 5.56 Å². The van der Waals surface area contributed by atoms with Gasteiger partial charge >= 0.3 is 5.97 Å². The topological polar surface area (TPSA) is 80.7 Å². The molecule has 0 aliphatic carbocycles. The van der Waals surface area contributed by atoms with Crippen molar-refractivity contribution in [1.82, 2.24) is 0 Å². The molecule has 0 saturated heterocycles. The summed E-state index contributed by atoms with van der Waals surface area (Å²) in [6.07, 6.45) is 0. The van der Waals surface area contributed by atoms with Crippen LogP contribution in [0, 0.1) is 5.92 Å². The number of ether oxygens (including phenoxy) is 1. The quantitative estimate of drug-likeness (QED) is 0.825. The molecule has 1 N–H and O–H groups in total. The molecule has 0 spiro atoms. The van der Waals surface area contributed by atoms with Crippen LogP contribution in [0.1, 0.15) is 19.4 Å². The van der Waals surface area contributed by atoms with Crippen molar-refractivity contribution in [3.63, 3.8) is 0 Å². The van der Waals surface area contributed by atoms with Gasteiger partial charge in [-0.25, -0.2) is 8.42 Å². The summed E-state index contributed by atoms with van der Waals surface area (Å²) < 4.78 is 28.9. The third kappa shape index (κ3) is 4.65. The van der Waals surface area contributed by atoms with Crippen LogP contribution >= 0.6 is 0 Å². The fourth-order valence-electron chi connectivity index (χ4n) is 1.78. The third-order valence-electron chi connectivity index (χ3n) is 2.59. The number of aliphatic carboxylic acids is 1. The van der Waals surface area contributed by atoms with Crippen LogP contribution in [0.15, 0.2) is 30.3 Å². The van der Waals surface area contributed by atoms with Crippen molar-refractivity contribution in [1.29, 1.82) is 0 Å². The van der Waals surface area contributed by atoms with Gasteiger partial charge in [-0.1, -0.05) is 44.2 Å². The summed E-state index contributed by atoms with van der Waals surface area (Å²) >= 11 is 0. The molecule has 1 aromatic carbocycles. The van der Waals surface area contributed by atoms with Gasteiger partial charge in [0.1, 0.15) is 5.94 Å². The Balaban J connectivity index is 2.62. The Kier molecular flexibility index (Phi) is 5.50. The highest BCUT2D eigenvalue weighted by atomic mass is 32.2. The van der Waals surface area contributed by atoms with Crippen molar-refractivity contribution in [2.24, 2.45) is 5.92 Å². The number of carboxylic acids is 1. The summed E-state index contributed by atoms with van der Waals surface area (Å²) in [4.78, 5) is 11.0. The van der Waals surface area contributed by atoms with Crippen molar-refractivity contribution < 1.29 is 23.1 Å². The standard InChI is InChI=1S/C13H18O5S/c1-10(2)12(13(14)15)19(16,17)9-18-8-11-6-4-3-5-7-11/h3-7,10,12H,8-9H2,1-2H3,(H,14,15). The Hall–Kier alpha value is -1.40. The van der Waals surface area contributed by atoms with Crippen LogP contribution < -0.4 is 0 Å². The lowest BCUT2D eigenvalue weighted by Crippen LogP contribution is -2.37. The molecule has 19 heavy (non-hydrogen) atoms. The Morgan fingerprint density at radius 3 is 2.32 bits per heavy atom. The number of rotatable bonds is 7. The third-order valence-corrected chi connectivity index (χ3v) is 4.61. The average Bonchev–Trinajstić information content (AvgIpc) is 2.28. The van der Waals surface area contributed by atoms with E-state index in [0.29, 0.717) is 0 Å². The van der Waals surface area contributed by atoms with Gasteiger partial charge in [0.05, 0.1) is 6.61 Å². The lowest BCUT2D eigenvalue weighted by Gasteiger charge is -2.16. The van der Waals surface area contributed by atoms with E-state index in [9.17, 15) is 13.2 Å². The number of carboxylic acid groups (broad SMARTS) is 1. The maximum atomic E-state index is 11.9. The van der Waals surface area contributed by atoms with Crippen LogP contribution in [0.5, 0.6) is 0 Å². The molecule has 5 nitrogen and oxygen atoms in total. The van der Waals surface area contributed by atoms with Gasteiger partial charge in [-0.05, 0) is 11.5 Å². The predicted octanol–water partition coefficient (Wildman–Crippen LogP) is 1.68. The van der Waals surface area contributed by atoms with Crippen molar-refractivity contribution in [2.75, 3.05) is 5.94 Å². The van der Waals surface area contributed by atoms with Crippen LogP contribution in [0.3, 0.4) is 0 Å². The highest BCUT2D eigenvalue weighted by molar-refractivity contribution is 7.92. The number of benzene rings is 1. The maximum Gasteiger partial charge on any atom is 0.322 e. The SMILES string of the molecule is CC(C)C(C(=O)O)S(=O)(=O)COCc1ccccc1. The minimum absolute atomic E-state index is 0.143. The second-order valence-electron chi connectivity index (χ2n) is 4.62. The lowest BCUT2D eigenvalue weighted by molar-refractivity contribution is -0.137. The Bertz CT molecular complexity index is 507. The van der Waals surface area contributed by atoms with E-state index in [1.165, 1.54) is 0 Å². The van der Waals surface area contributed by atoms with Crippen LogP contribution in [0.2, 0.25) is 0 Å². The molecule has 0 aliphatic rings. The summed E-state index contributed by atoms with van der Waals surface area (Å²) in [6.45, 7) is 3.27. The van der Waals surface area contributed by atoms with E-state index in [1.54, 1.807) is 13.8 Å². The molecule has 1 unspecified atom stereocenters. The van der Waals surface area contributed by atoms with Gasteiger partial charge in [0, 0.05) is 0 Å². The molecule has 0 amide bonds. The highest BCUT2D eigenvalue weighted by Crippen LogP contribution is 2.14. The Morgan fingerprint density at radius 2 is 1.84 bits per heavy atom. The van der Waals surface area contributed by atoms with Gasteiger partial charge in [0.2, 0.25) is 0 Å². The van der Waals surface area contributed by atoms with Gasteiger partial charge < -0.3 is 9.84 Å². The van der Waals surface area contributed by atoms with Crippen LogP contribution in [0.4, 0.5) is 0 Å². The van der Waals surface area contributed by atoms with Crippen molar-refractivity contribution in [2.45, 2.75) is 25.7 Å². The molecule has 0 heterocycles. The second kappa shape index (κ2) is 6.68. The lowest BCUT2D eigenvalue weighted by atomic mass is 10.1. The van der Waals surface area contributed by atoms with E-state index in [2.05, 4.69) is 0 Å². The molecule has 0 bridgehead atoms. The first-order chi connectivity index (χ1) is 8.84. The van der Waals surface area contributed by atoms with Crippen LogP contribution in [-0.2, 0) is 26.0 Å². The number of sulfone groups is 1. The van der Waals surface area contributed by atoms with E-state index < -0.39 is 32.9 Å². The Morgan fingerprint density at radius 1 is 1.26 bits per heavy atom. The van der Waals surface area contributed by atoms with E-state index >= 15 is 0 Å². The van der Waals surface area contributed by atoms with Crippen LogP contribution in [-0.4, -0.2) is 30.7 Å². The Labute approximate surface area is 113 Å². The molecule has 1 aromatic rings. The zero-order valence-electron chi connectivity index (χ0n) is 10.9. The number of hydrogen-bond donors (Lipinski definition) is 1. The normalized spacial score (nSPS) is 13.4. The van der Waals surface area contributed by atoms with Gasteiger partial charge in [0.25, 0.3) is 0 Å². The van der Waals surface area contributed by atoms with Crippen molar-refractivity contribution >= 4 is 15.8 Å². The zero-order chi connectivity index (χ0) is 14.5. The molecular formula is C13H18O5S. The van der Waals surface area contributed by atoms with E-state index in [1.807, 2.05) is 30.3 Å². The number of hydrogen-bond acceptors (Lipinski definition) is 4. The predicted molar refractivity (Wildman–Crippen MR) is 71.3 cm³/mol. The minimum atomic E-state index is -3.81. The molecular weight excluding hydrogens is 268 g/mol. The molecule has 0 fully saturated rings. The largest absolute Gasteiger partial charge is 0.480 e. The van der Waals surface area contributed by atoms with E-state index in [-0.39, 0.29) is 6.61 Å². The molecule has 1 atom stereocenters. The average molecular weight is 286 g/mol. The molecule has 0 radical (unpaired) electrons. The molecule has 1 rings (SSSR count).